The Morgan fingerprint density at radius 3 is 2.26 bits per heavy atom. The molecule has 0 amide bonds. The highest BCUT2D eigenvalue weighted by atomic mass is 127. The Balaban J connectivity index is 0.00000210. The van der Waals surface area contributed by atoms with Gasteiger partial charge in [-0.1, -0.05) is 49.6 Å². The maximum atomic E-state index is 12.0. The summed E-state index contributed by atoms with van der Waals surface area (Å²) in [6.45, 7) is 1.19. The van der Waals surface area contributed by atoms with Crippen molar-refractivity contribution in [3.05, 3.63) is 59.5 Å². The molecule has 2 atom stereocenters. The number of likely N-dealkylation sites (tertiary alicyclic amines) is 1. The molecule has 1 aromatic heterocycles. The van der Waals surface area contributed by atoms with Crippen molar-refractivity contribution in [2.24, 2.45) is 5.92 Å². The van der Waals surface area contributed by atoms with E-state index in [0.717, 1.165) is 40.8 Å². The number of benzene rings is 1. The van der Waals surface area contributed by atoms with Crippen LogP contribution in [0.4, 0.5) is 0 Å². The molecule has 4 rings (SSSR count). The van der Waals surface area contributed by atoms with E-state index in [0.29, 0.717) is 6.04 Å². The molecule has 2 aromatic rings. The van der Waals surface area contributed by atoms with E-state index >= 15 is 0 Å². The van der Waals surface area contributed by atoms with Gasteiger partial charge in [-0.05, 0) is 36.5 Å². The van der Waals surface area contributed by atoms with Crippen molar-refractivity contribution >= 4 is 0 Å². The Labute approximate surface area is 180 Å². The van der Waals surface area contributed by atoms with Gasteiger partial charge in [0.2, 0.25) is 0 Å². The second kappa shape index (κ2) is 8.26. The first-order valence-electron chi connectivity index (χ1n) is 10.2. The second-order valence-corrected chi connectivity index (χ2v) is 8.83. The summed E-state index contributed by atoms with van der Waals surface area (Å²) < 4.78 is 7.38. The highest BCUT2D eigenvalue weighted by Crippen LogP contribution is 2.46. The van der Waals surface area contributed by atoms with Crippen LogP contribution < -0.4 is 24.0 Å². The average Bonchev–Trinajstić information content (AvgIpc) is 3.28. The predicted molar refractivity (Wildman–Crippen MR) is 104 cm³/mol. The normalized spacial score (nSPS) is 24.9. The van der Waals surface area contributed by atoms with E-state index in [1.807, 2.05) is 36.4 Å². The smallest absolute Gasteiger partial charge is 0.161 e. The number of quaternary nitrogens is 1. The first kappa shape index (κ1) is 20.9. The molecule has 1 aromatic carbocycles. The van der Waals surface area contributed by atoms with Gasteiger partial charge in [-0.2, -0.15) is 0 Å². The van der Waals surface area contributed by atoms with Gasteiger partial charge in [-0.15, -0.1) is 0 Å². The predicted octanol–water partition coefficient (Wildman–Crippen LogP) is 2.01. The van der Waals surface area contributed by atoms with Gasteiger partial charge in [-0.3, -0.25) is 0 Å². The lowest BCUT2D eigenvalue weighted by Crippen LogP contribution is -3.00. The third kappa shape index (κ3) is 3.85. The van der Waals surface area contributed by atoms with Crippen LogP contribution in [0.5, 0.6) is 0 Å². The summed E-state index contributed by atoms with van der Waals surface area (Å²) in [6.07, 6.45) is 8.18. The highest BCUT2D eigenvalue weighted by molar-refractivity contribution is 5.33. The van der Waals surface area contributed by atoms with Crippen molar-refractivity contribution in [1.82, 2.24) is 0 Å². The monoisotopic (exact) mass is 481 g/mol. The molecule has 27 heavy (non-hydrogen) atoms. The summed E-state index contributed by atoms with van der Waals surface area (Å²) in [4.78, 5) is 0. The molecule has 0 bridgehead atoms. The van der Waals surface area contributed by atoms with Crippen molar-refractivity contribution in [2.45, 2.75) is 56.6 Å². The minimum absolute atomic E-state index is 0. The maximum Gasteiger partial charge on any atom is 0.161 e. The van der Waals surface area contributed by atoms with Gasteiger partial charge in [0.05, 0.1) is 20.6 Å². The molecule has 0 spiro atoms. The fourth-order valence-corrected chi connectivity index (χ4v) is 5.21. The van der Waals surface area contributed by atoms with Crippen LogP contribution in [0.3, 0.4) is 0 Å². The number of halogens is 1. The molecule has 2 fully saturated rings. The fraction of sp³-hybridized carbons (Fsp3) is 0.565. The Kier molecular flexibility index (Phi) is 6.38. The summed E-state index contributed by atoms with van der Waals surface area (Å²) >= 11 is 0. The molecule has 1 saturated heterocycles. The lowest BCUT2D eigenvalue weighted by molar-refractivity contribution is -0.909. The third-order valence-corrected chi connectivity index (χ3v) is 6.80. The lowest BCUT2D eigenvalue weighted by Gasteiger charge is -2.37. The van der Waals surface area contributed by atoms with Gasteiger partial charge < -0.3 is 38.0 Å². The van der Waals surface area contributed by atoms with E-state index in [1.165, 1.54) is 32.2 Å². The largest absolute Gasteiger partial charge is 1.00 e. The number of nitrogens with zero attached hydrogens (tertiary/aromatic N) is 1. The quantitative estimate of drug-likeness (QED) is 0.536. The van der Waals surface area contributed by atoms with Crippen LogP contribution in [-0.4, -0.2) is 30.2 Å². The van der Waals surface area contributed by atoms with Crippen LogP contribution in [0, 0.1) is 5.92 Å². The average molecular weight is 481 g/mol. The SMILES string of the molecule is C[N+]1(C)CCC[C@@H]1c1ccc([C@](O)(c2ccccc2)C2CCCCC2)o1.[I-]. The summed E-state index contributed by atoms with van der Waals surface area (Å²) in [5.41, 5.74) is -0.0525. The number of aliphatic hydroxyl groups is 1. The fourth-order valence-electron chi connectivity index (χ4n) is 5.21. The molecule has 3 nitrogen and oxygen atoms in total. The number of hydrogen-bond acceptors (Lipinski definition) is 2. The zero-order valence-corrected chi connectivity index (χ0v) is 18.7. The standard InChI is InChI=1S/C23H32NO2.HI/c1-24(2)17-9-14-20(24)21-15-16-22(26-21)23(25,18-10-5-3-6-11-18)19-12-7-4-8-13-19;/h3,5-6,10-11,15-16,19-20,25H,4,7-9,12-14,17H2,1-2H3;1H/q+1;/p-1/t20-,23+;/m1./s1. The summed E-state index contributed by atoms with van der Waals surface area (Å²) in [5.74, 6) is 1.99. The maximum absolute atomic E-state index is 12.0. The Morgan fingerprint density at radius 2 is 1.63 bits per heavy atom. The summed E-state index contributed by atoms with van der Waals surface area (Å²) in [7, 11) is 4.56. The molecular formula is C23H32INO2. The molecule has 1 N–H and O–H groups in total. The van der Waals surface area contributed by atoms with Gasteiger partial charge in [0.25, 0.3) is 0 Å². The van der Waals surface area contributed by atoms with Crippen LogP contribution in [0.25, 0.3) is 0 Å². The number of furan rings is 1. The molecule has 4 heteroatoms. The molecule has 1 aliphatic carbocycles. The Morgan fingerprint density at radius 1 is 0.926 bits per heavy atom. The van der Waals surface area contributed by atoms with Crippen molar-refractivity contribution < 1.29 is 38.0 Å². The van der Waals surface area contributed by atoms with E-state index in [-0.39, 0.29) is 29.9 Å². The lowest BCUT2D eigenvalue weighted by atomic mass is 9.72. The van der Waals surface area contributed by atoms with Gasteiger partial charge in [0, 0.05) is 12.8 Å². The van der Waals surface area contributed by atoms with E-state index in [4.69, 9.17) is 4.42 Å². The topological polar surface area (TPSA) is 33.4 Å². The van der Waals surface area contributed by atoms with E-state index in [2.05, 4.69) is 20.2 Å². The zero-order valence-electron chi connectivity index (χ0n) is 16.5. The van der Waals surface area contributed by atoms with Crippen LogP contribution in [0.2, 0.25) is 0 Å². The molecular weight excluding hydrogens is 449 g/mol. The molecule has 1 saturated carbocycles. The number of rotatable bonds is 4. The van der Waals surface area contributed by atoms with Crippen molar-refractivity contribution in [2.75, 3.05) is 20.6 Å². The van der Waals surface area contributed by atoms with Crippen molar-refractivity contribution in [3.8, 4) is 0 Å². The first-order valence-corrected chi connectivity index (χ1v) is 10.2. The van der Waals surface area contributed by atoms with Crippen molar-refractivity contribution in [1.29, 1.82) is 0 Å². The van der Waals surface area contributed by atoms with Gasteiger partial charge in [0.15, 0.2) is 5.76 Å². The van der Waals surface area contributed by atoms with E-state index in [1.54, 1.807) is 0 Å². The Hall–Kier alpha value is -0.850. The van der Waals surface area contributed by atoms with Crippen LogP contribution >= 0.6 is 0 Å². The minimum atomic E-state index is -1.02. The summed E-state index contributed by atoms with van der Waals surface area (Å²) in [5, 5.41) is 12.0. The second-order valence-electron chi connectivity index (χ2n) is 8.83. The minimum Gasteiger partial charge on any atom is -1.00 e. The number of hydrogen-bond donors (Lipinski definition) is 1. The van der Waals surface area contributed by atoms with Crippen LogP contribution in [0.15, 0.2) is 46.9 Å². The Bertz CT molecular complexity index is 736. The van der Waals surface area contributed by atoms with Crippen molar-refractivity contribution in [3.63, 3.8) is 0 Å². The molecule has 0 unspecified atom stereocenters. The van der Waals surface area contributed by atoms with E-state index < -0.39 is 5.60 Å². The highest BCUT2D eigenvalue weighted by Gasteiger charge is 2.45. The third-order valence-electron chi connectivity index (χ3n) is 6.80. The molecule has 148 valence electrons. The van der Waals surface area contributed by atoms with Crippen LogP contribution in [0.1, 0.15) is 68.1 Å². The molecule has 0 radical (unpaired) electrons. The van der Waals surface area contributed by atoms with Gasteiger partial charge >= 0.3 is 0 Å². The van der Waals surface area contributed by atoms with Gasteiger partial charge in [-0.25, -0.2) is 0 Å². The van der Waals surface area contributed by atoms with Crippen LogP contribution in [-0.2, 0) is 5.60 Å². The molecule has 2 heterocycles. The zero-order chi connectivity index (χ0) is 18.2. The van der Waals surface area contributed by atoms with E-state index in [9.17, 15) is 5.11 Å². The molecule has 2 aliphatic rings. The van der Waals surface area contributed by atoms with Gasteiger partial charge in [0.1, 0.15) is 17.4 Å². The first-order chi connectivity index (χ1) is 12.5. The molecule has 1 aliphatic heterocycles. The summed E-state index contributed by atoms with van der Waals surface area (Å²) in [6, 6.07) is 14.7.